The van der Waals surface area contributed by atoms with Gasteiger partial charge in [0.25, 0.3) is 5.91 Å². The summed E-state index contributed by atoms with van der Waals surface area (Å²) in [7, 11) is 3.41. The molecule has 2 aromatic carbocycles. The van der Waals surface area contributed by atoms with Crippen LogP contribution in [-0.4, -0.2) is 20.1 Å². The highest BCUT2D eigenvalue weighted by Crippen LogP contribution is 2.39. The average molecular weight is 423 g/mol. The standard InChI is InChI=1S/C17H13Br2NO2/c1-20-15-5-3-12(19)9-13(15)14(17(20)21)8-10-7-11(18)4-6-16(10)22-2/h3-9H,1-2H3. The quantitative estimate of drug-likeness (QED) is 0.654. The van der Waals surface area contributed by atoms with Gasteiger partial charge in [0, 0.05) is 32.7 Å². The van der Waals surface area contributed by atoms with Crippen LogP contribution in [-0.2, 0) is 4.79 Å². The number of ether oxygens (including phenoxy) is 1. The Morgan fingerprint density at radius 1 is 1.09 bits per heavy atom. The summed E-state index contributed by atoms with van der Waals surface area (Å²) in [6, 6.07) is 11.6. The predicted molar refractivity (Wildman–Crippen MR) is 96.1 cm³/mol. The fourth-order valence-corrected chi connectivity index (χ4v) is 3.27. The van der Waals surface area contributed by atoms with Gasteiger partial charge in [-0.1, -0.05) is 31.9 Å². The molecule has 112 valence electrons. The molecule has 0 unspecified atom stereocenters. The van der Waals surface area contributed by atoms with E-state index in [9.17, 15) is 4.79 Å². The number of amides is 1. The number of nitrogens with zero attached hydrogens (tertiary/aromatic N) is 1. The molecule has 0 fully saturated rings. The van der Waals surface area contributed by atoms with Crippen molar-refractivity contribution in [3.63, 3.8) is 0 Å². The smallest absolute Gasteiger partial charge is 0.258 e. The molecule has 1 heterocycles. The first kappa shape index (κ1) is 15.3. The number of hydrogen-bond acceptors (Lipinski definition) is 2. The van der Waals surface area contributed by atoms with Gasteiger partial charge in [-0.15, -0.1) is 0 Å². The van der Waals surface area contributed by atoms with Crippen molar-refractivity contribution >= 4 is 55.1 Å². The maximum absolute atomic E-state index is 12.6. The zero-order chi connectivity index (χ0) is 15.9. The van der Waals surface area contributed by atoms with E-state index in [1.807, 2.05) is 42.5 Å². The number of carbonyl (C=O) groups is 1. The van der Waals surface area contributed by atoms with E-state index in [0.717, 1.165) is 31.5 Å². The Kier molecular flexibility index (Phi) is 4.10. The van der Waals surface area contributed by atoms with E-state index in [4.69, 9.17) is 4.74 Å². The first-order valence-electron chi connectivity index (χ1n) is 6.64. The molecule has 2 aromatic rings. The average Bonchev–Trinajstić information content (AvgIpc) is 2.72. The van der Waals surface area contributed by atoms with E-state index < -0.39 is 0 Å². The van der Waals surface area contributed by atoms with Crippen molar-refractivity contribution in [2.75, 3.05) is 19.1 Å². The molecule has 3 rings (SSSR count). The lowest BCUT2D eigenvalue weighted by molar-refractivity contribution is -0.112. The molecule has 0 aromatic heterocycles. The summed E-state index contributed by atoms with van der Waals surface area (Å²) in [5.74, 6) is 0.713. The summed E-state index contributed by atoms with van der Waals surface area (Å²) in [5.41, 5.74) is 3.36. The molecule has 0 saturated carbocycles. The second kappa shape index (κ2) is 5.89. The molecule has 5 heteroatoms. The molecule has 1 amide bonds. The van der Waals surface area contributed by atoms with Gasteiger partial charge in [0.2, 0.25) is 0 Å². The topological polar surface area (TPSA) is 29.5 Å². The maximum atomic E-state index is 12.6. The van der Waals surface area contributed by atoms with Gasteiger partial charge < -0.3 is 9.64 Å². The summed E-state index contributed by atoms with van der Waals surface area (Å²) in [4.78, 5) is 14.2. The highest BCUT2D eigenvalue weighted by Gasteiger charge is 2.29. The van der Waals surface area contributed by atoms with Gasteiger partial charge in [-0.25, -0.2) is 0 Å². The van der Waals surface area contributed by atoms with Crippen LogP contribution in [0.4, 0.5) is 5.69 Å². The number of methoxy groups -OCH3 is 1. The molecule has 0 atom stereocenters. The highest BCUT2D eigenvalue weighted by molar-refractivity contribution is 9.10. The highest BCUT2D eigenvalue weighted by atomic mass is 79.9. The van der Waals surface area contributed by atoms with Gasteiger partial charge in [0.05, 0.1) is 12.8 Å². The second-order valence-corrected chi connectivity index (χ2v) is 6.80. The molecular weight excluding hydrogens is 410 g/mol. The monoisotopic (exact) mass is 421 g/mol. The van der Waals surface area contributed by atoms with Gasteiger partial charge in [0.15, 0.2) is 0 Å². The van der Waals surface area contributed by atoms with Crippen molar-refractivity contribution < 1.29 is 9.53 Å². The number of halogens is 2. The zero-order valence-corrected chi connectivity index (χ0v) is 15.2. The largest absolute Gasteiger partial charge is 0.496 e. The summed E-state index contributed by atoms with van der Waals surface area (Å²) in [6.07, 6.45) is 1.88. The number of carbonyl (C=O) groups excluding carboxylic acids is 1. The number of hydrogen-bond donors (Lipinski definition) is 0. The van der Waals surface area contributed by atoms with E-state index in [0.29, 0.717) is 5.57 Å². The molecule has 0 radical (unpaired) electrons. The van der Waals surface area contributed by atoms with Gasteiger partial charge in [0.1, 0.15) is 5.75 Å². The van der Waals surface area contributed by atoms with Crippen molar-refractivity contribution in [1.82, 2.24) is 0 Å². The number of likely N-dealkylation sites (N-methyl/N-ethyl adjacent to an activating group) is 1. The first-order valence-corrected chi connectivity index (χ1v) is 8.23. The first-order chi connectivity index (χ1) is 10.5. The lowest BCUT2D eigenvalue weighted by Crippen LogP contribution is -2.20. The Bertz CT molecular complexity index is 799. The maximum Gasteiger partial charge on any atom is 0.258 e. The molecule has 0 spiro atoms. The van der Waals surface area contributed by atoms with E-state index in [2.05, 4.69) is 31.9 Å². The van der Waals surface area contributed by atoms with Crippen molar-refractivity contribution in [2.45, 2.75) is 0 Å². The van der Waals surface area contributed by atoms with Crippen LogP contribution in [0.2, 0.25) is 0 Å². The van der Waals surface area contributed by atoms with Crippen LogP contribution in [0.3, 0.4) is 0 Å². The number of rotatable bonds is 2. The van der Waals surface area contributed by atoms with Gasteiger partial charge in [-0.05, 0) is 42.5 Å². The Hall–Kier alpha value is -1.59. The van der Waals surface area contributed by atoms with Crippen molar-refractivity contribution in [3.05, 3.63) is 56.5 Å². The fraction of sp³-hybridized carbons (Fsp3) is 0.118. The van der Waals surface area contributed by atoms with Crippen LogP contribution < -0.4 is 9.64 Å². The minimum absolute atomic E-state index is 0.0184. The van der Waals surface area contributed by atoms with Crippen molar-refractivity contribution in [1.29, 1.82) is 0 Å². The molecule has 3 nitrogen and oxygen atoms in total. The molecule has 1 aliphatic heterocycles. The molecular formula is C17H13Br2NO2. The number of benzene rings is 2. The fourth-order valence-electron chi connectivity index (χ4n) is 2.53. The summed E-state index contributed by atoms with van der Waals surface area (Å²) in [5, 5.41) is 0. The minimum Gasteiger partial charge on any atom is -0.496 e. The third-order valence-corrected chi connectivity index (χ3v) is 4.62. The third kappa shape index (κ3) is 2.59. The molecule has 0 bridgehead atoms. The Labute approximate surface area is 145 Å². The van der Waals surface area contributed by atoms with Crippen LogP contribution in [0.25, 0.3) is 11.6 Å². The van der Waals surface area contributed by atoms with Crippen LogP contribution in [0.5, 0.6) is 5.75 Å². The van der Waals surface area contributed by atoms with E-state index in [1.54, 1.807) is 19.1 Å². The lowest BCUT2D eigenvalue weighted by Gasteiger charge is -2.08. The number of anilines is 1. The van der Waals surface area contributed by atoms with Crippen molar-refractivity contribution in [2.24, 2.45) is 0 Å². The molecule has 0 aliphatic carbocycles. The van der Waals surface area contributed by atoms with Gasteiger partial charge in [-0.2, -0.15) is 0 Å². The normalized spacial score (nSPS) is 15.4. The number of fused-ring (bicyclic) bond motifs is 1. The Balaban J connectivity index is 2.19. The van der Waals surface area contributed by atoms with Gasteiger partial charge in [-0.3, -0.25) is 4.79 Å². The van der Waals surface area contributed by atoms with Crippen LogP contribution >= 0.6 is 31.9 Å². The third-order valence-electron chi connectivity index (χ3n) is 3.64. The summed E-state index contributed by atoms with van der Waals surface area (Å²) in [6.45, 7) is 0. The second-order valence-electron chi connectivity index (χ2n) is 4.97. The minimum atomic E-state index is -0.0184. The summed E-state index contributed by atoms with van der Waals surface area (Å²) < 4.78 is 7.27. The van der Waals surface area contributed by atoms with Crippen LogP contribution in [0.15, 0.2) is 45.3 Å². The zero-order valence-electron chi connectivity index (χ0n) is 12.1. The Morgan fingerprint density at radius 2 is 1.77 bits per heavy atom. The van der Waals surface area contributed by atoms with Crippen LogP contribution in [0.1, 0.15) is 11.1 Å². The molecule has 0 N–H and O–H groups in total. The Morgan fingerprint density at radius 3 is 2.50 bits per heavy atom. The molecule has 0 saturated heterocycles. The van der Waals surface area contributed by atoms with Crippen LogP contribution in [0, 0.1) is 0 Å². The van der Waals surface area contributed by atoms with Crippen molar-refractivity contribution in [3.8, 4) is 5.75 Å². The summed E-state index contributed by atoms with van der Waals surface area (Å²) >= 11 is 6.93. The SMILES string of the molecule is COc1ccc(Br)cc1C=C1C(=O)N(C)c2ccc(Br)cc21. The van der Waals surface area contributed by atoms with E-state index in [1.165, 1.54) is 0 Å². The predicted octanol–water partition coefficient (Wildman–Crippen LogP) is 4.74. The van der Waals surface area contributed by atoms with E-state index >= 15 is 0 Å². The van der Waals surface area contributed by atoms with E-state index in [-0.39, 0.29) is 5.91 Å². The lowest BCUT2D eigenvalue weighted by atomic mass is 10.0. The molecule has 22 heavy (non-hydrogen) atoms. The molecule has 1 aliphatic rings. The van der Waals surface area contributed by atoms with Gasteiger partial charge >= 0.3 is 0 Å².